The topological polar surface area (TPSA) is 73.9 Å². The highest BCUT2D eigenvalue weighted by Crippen LogP contribution is 2.15. The van der Waals surface area contributed by atoms with E-state index in [9.17, 15) is 0 Å². The van der Waals surface area contributed by atoms with Crippen molar-refractivity contribution in [2.45, 2.75) is 39.7 Å². The smallest absolute Gasteiger partial charge is 0.0980 e. The van der Waals surface area contributed by atoms with Gasteiger partial charge in [0.1, 0.15) is 0 Å². The highest BCUT2D eigenvalue weighted by Gasteiger charge is 2.17. The van der Waals surface area contributed by atoms with E-state index in [1.807, 2.05) is 20.8 Å². The molecular weight excluding hydrogens is 200 g/mol. The molecule has 4 heteroatoms. The van der Waals surface area contributed by atoms with Crippen LogP contribution in [0.4, 0.5) is 0 Å². The van der Waals surface area contributed by atoms with Crippen LogP contribution in [-0.4, -0.2) is 24.8 Å². The molecule has 0 unspecified atom stereocenters. The van der Waals surface area contributed by atoms with Crippen LogP contribution in [0.3, 0.4) is 0 Å². The van der Waals surface area contributed by atoms with Gasteiger partial charge in [0.15, 0.2) is 0 Å². The molecule has 1 fully saturated rings. The molecule has 0 atom stereocenters. The molecule has 0 aromatic carbocycles. The van der Waals surface area contributed by atoms with E-state index in [1.54, 1.807) is 6.08 Å². The summed E-state index contributed by atoms with van der Waals surface area (Å²) >= 11 is 0. The van der Waals surface area contributed by atoms with Gasteiger partial charge in [-0.1, -0.05) is 20.8 Å². The van der Waals surface area contributed by atoms with Crippen molar-refractivity contribution in [3.63, 3.8) is 0 Å². The van der Waals surface area contributed by atoms with E-state index in [2.05, 4.69) is 10.6 Å². The Morgan fingerprint density at radius 2 is 1.94 bits per heavy atom. The molecule has 0 aromatic heterocycles. The van der Waals surface area contributed by atoms with Gasteiger partial charge in [-0.15, -0.1) is 0 Å². The van der Waals surface area contributed by atoms with E-state index in [-0.39, 0.29) is 5.41 Å². The minimum atomic E-state index is -0.138. The van der Waals surface area contributed by atoms with E-state index in [0.717, 1.165) is 25.9 Å². The largest absolute Gasteiger partial charge is 0.385 e. The number of piperidine rings is 1. The fourth-order valence-corrected chi connectivity index (χ4v) is 1.62. The summed E-state index contributed by atoms with van der Waals surface area (Å²) < 4.78 is 0. The first kappa shape index (κ1) is 13.0. The lowest BCUT2D eigenvalue weighted by atomic mass is 9.90. The zero-order valence-electron chi connectivity index (χ0n) is 10.6. The molecule has 0 aromatic rings. The monoisotopic (exact) mass is 224 g/mol. The Morgan fingerprint density at radius 3 is 2.44 bits per heavy atom. The van der Waals surface area contributed by atoms with Gasteiger partial charge in [0.25, 0.3) is 0 Å². The molecule has 0 bridgehead atoms. The van der Waals surface area contributed by atoms with Crippen LogP contribution >= 0.6 is 0 Å². The van der Waals surface area contributed by atoms with Gasteiger partial charge in [0.2, 0.25) is 0 Å². The van der Waals surface area contributed by atoms with Crippen LogP contribution < -0.4 is 16.4 Å². The fourth-order valence-electron chi connectivity index (χ4n) is 1.62. The summed E-state index contributed by atoms with van der Waals surface area (Å²) in [5, 5.41) is 14.5. The van der Waals surface area contributed by atoms with Crippen LogP contribution in [0, 0.1) is 10.8 Å². The van der Waals surface area contributed by atoms with E-state index >= 15 is 0 Å². The van der Waals surface area contributed by atoms with Crippen LogP contribution in [-0.2, 0) is 0 Å². The molecule has 16 heavy (non-hydrogen) atoms. The molecule has 0 radical (unpaired) electrons. The van der Waals surface area contributed by atoms with Gasteiger partial charge in [0.05, 0.1) is 5.82 Å². The lowest BCUT2D eigenvalue weighted by Gasteiger charge is -2.25. The summed E-state index contributed by atoms with van der Waals surface area (Å²) in [5.41, 5.74) is 6.31. The standard InChI is InChI=1S/C12H24N4/c1-12(2,3)10(13)8-11(14)16-9-4-6-15-7-5-9/h8-9,13,15-16H,4-7,14H2,1-3H3/b11-8-,13-10?. The number of nitrogens with one attached hydrogen (secondary N) is 3. The maximum atomic E-state index is 7.88. The highest BCUT2D eigenvalue weighted by molar-refractivity contribution is 5.96. The van der Waals surface area contributed by atoms with Gasteiger partial charge < -0.3 is 21.8 Å². The maximum Gasteiger partial charge on any atom is 0.0980 e. The Labute approximate surface area is 98.2 Å². The Kier molecular flexibility index (Phi) is 4.35. The van der Waals surface area contributed by atoms with Crippen LogP contribution in [0.2, 0.25) is 0 Å². The SMILES string of the molecule is CC(C)(C)C(=N)/C=C(/N)NC1CCNCC1. The number of hydrogen-bond donors (Lipinski definition) is 4. The quantitative estimate of drug-likeness (QED) is 0.544. The van der Waals surface area contributed by atoms with Gasteiger partial charge in [0, 0.05) is 17.2 Å². The average molecular weight is 224 g/mol. The van der Waals surface area contributed by atoms with Crippen LogP contribution in [0.1, 0.15) is 33.6 Å². The second kappa shape index (κ2) is 5.34. The van der Waals surface area contributed by atoms with Crippen LogP contribution in [0.5, 0.6) is 0 Å². The second-order valence-electron chi connectivity index (χ2n) is 5.43. The zero-order valence-corrected chi connectivity index (χ0v) is 10.6. The molecule has 1 rings (SSSR count). The van der Waals surface area contributed by atoms with Crippen molar-refractivity contribution in [2.24, 2.45) is 11.1 Å². The van der Waals surface area contributed by atoms with E-state index in [4.69, 9.17) is 11.1 Å². The van der Waals surface area contributed by atoms with Gasteiger partial charge in [-0.2, -0.15) is 0 Å². The van der Waals surface area contributed by atoms with Crippen molar-refractivity contribution in [2.75, 3.05) is 13.1 Å². The molecule has 4 nitrogen and oxygen atoms in total. The molecule has 92 valence electrons. The van der Waals surface area contributed by atoms with Crippen molar-refractivity contribution in [3.8, 4) is 0 Å². The molecule has 1 heterocycles. The molecule has 1 saturated heterocycles. The average Bonchev–Trinajstić information content (AvgIpc) is 2.17. The van der Waals surface area contributed by atoms with Crippen molar-refractivity contribution in [3.05, 3.63) is 11.9 Å². The summed E-state index contributed by atoms with van der Waals surface area (Å²) in [6, 6.07) is 0.449. The first-order valence-electron chi connectivity index (χ1n) is 5.93. The predicted octanol–water partition coefficient (Wildman–Crippen LogP) is 1.19. The van der Waals surface area contributed by atoms with E-state index < -0.39 is 0 Å². The zero-order chi connectivity index (χ0) is 12.2. The molecule has 5 N–H and O–H groups in total. The van der Waals surface area contributed by atoms with Crippen LogP contribution in [0.15, 0.2) is 11.9 Å². The summed E-state index contributed by atoms with van der Waals surface area (Å²) in [5.74, 6) is 0.617. The summed E-state index contributed by atoms with van der Waals surface area (Å²) in [7, 11) is 0. The minimum Gasteiger partial charge on any atom is -0.385 e. The summed E-state index contributed by atoms with van der Waals surface area (Å²) in [4.78, 5) is 0. The lowest BCUT2D eigenvalue weighted by molar-refractivity contribution is 0.410. The normalized spacial score (nSPS) is 19.6. The Bertz CT molecular complexity index is 269. The Balaban J connectivity index is 2.47. The van der Waals surface area contributed by atoms with Gasteiger partial charge in [-0.3, -0.25) is 0 Å². The third-order valence-corrected chi connectivity index (χ3v) is 2.82. The van der Waals surface area contributed by atoms with Crippen molar-refractivity contribution in [1.29, 1.82) is 5.41 Å². The number of hydrogen-bond acceptors (Lipinski definition) is 4. The van der Waals surface area contributed by atoms with Gasteiger partial charge in [-0.25, -0.2) is 0 Å². The maximum absolute atomic E-state index is 7.88. The summed E-state index contributed by atoms with van der Waals surface area (Å²) in [6.45, 7) is 8.14. The van der Waals surface area contributed by atoms with Gasteiger partial charge in [-0.05, 0) is 32.0 Å². The van der Waals surface area contributed by atoms with Gasteiger partial charge >= 0.3 is 0 Å². The molecule has 0 amide bonds. The first-order valence-corrected chi connectivity index (χ1v) is 5.93. The number of rotatable bonds is 3. The van der Waals surface area contributed by atoms with E-state index in [1.165, 1.54) is 0 Å². The van der Waals surface area contributed by atoms with E-state index in [0.29, 0.717) is 17.6 Å². The van der Waals surface area contributed by atoms with Crippen molar-refractivity contribution < 1.29 is 0 Å². The van der Waals surface area contributed by atoms with Crippen molar-refractivity contribution >= 4 is 5.71 Å². The summed E-state index contributed by atoms with van der Waals surface area (Å²) in [6.07, 6.45) is 3.93. The predicted molar refractivity (Wildman–Crippen MR) is 68.5 cm³/mol. The molecule has 1 aliphatic rings. The lowest BCUT2D eigenvalue weighted by Crippen LogP contribution is -2.41. The third kappa shape index (κ3) is 4.23. The first-order chi connectivity index (χ1) is 7.39. The Morgan fingerprint density at radius 1 is 1.38 bits per heavy atom. The molecule has 0 saturated carbocycles. The second-order valence-corrected chi connectivity index (χ2v) is 5.43. The number of allylic oxidation sites excluding steroid dienone is 1. The van der Waals surface area contributed by atoms with Crippen molar-refractivity contribution in [1.82, 2.24) is 10.6 Å². The fraction of sp³-hybridized carbons (Fsp3) is 0.750. The molecular formula is C12H24N4. The molecule has 0 aliphatic carbocycles. The molecule has 0 spiro atoms. The van der Waals surface area contributed by atoms with Crippen LogP contribution in [0.25, 0.3) is 0 Å². The third-order valence-electron chi connectivity index (χ3n) is 2.82. The highest BCUT2D eigenvalue weighted by atomic mass is 15.0. The minimum absolute atomic E-state index is 0.138. The molecule has 1 aliphatic heterocycles. The number of nitrogens with two attached hydrogens (primary N) is 1. The Hall–Kier alpha value is -1.03.